The Balaban J connectivity index is 1.76. The minimum atomic E-state index is -0.562. The molecule has 144 valence electrons. The summed E-state index contributed by atoms with van der Waals surface area (Å²) in [4.78, 5) is 28.5. The highest BCUT2D eigenvalue weighted by Crippen LogP contribution is 2.46. The molecule has 0 spiro atoms. The van der Waals surface area contributed by atoms with Crippen molar-refractivity contribution in [2.24, 2.45) is 5.92 Å². The molecule has 0 unspecified atom stereocenters. The van der Waals surface area contributed by atoms with E-state index in [-0.39, 0.29) is 11.7 Å². The molecule has 1 aromatic heterocycles. The van der Waals surface area contributed by atoms with Gasteiger partial charge in [0, 0.05) is 17.7 Å². The van der Waals surface area contributed by atoms with Crippen molar-refractivity contribution in [3.63, 3.8) is 0 Å². The van der Waals surface area contributed by atoms with E-state index in [1.807, 2.05) is 48.5 Å². The number of nitrogens with one attached hydrogen (secondary N) is 1. The first kappa shape index (κ1) is 17.5. The van der Waals surface area contributed by atoms with E-state index >= 15 is 0 Å². The highest BCUT2D eigenvalue weighted by atomic mass is 16.3. The SMILES string of the molecule is O=C1CCC=C2Nc3ccccc3N(C(=O)c3ccccc3)[C@@H](c3ccco3)[C@@H]12. The number of allylic oxidation sites excluding steroid dienone is 1. The third-order valence-electron chi connectivity index (χ3n) is 5.55. The number of carbonyl (C=O) groups is 2. The van der Waals surface area contributed by atoms with E-state index in [4.69, 9.17) is 4.42 Å². The average molecular weight is 384 g/mol. The van der Waals surface area contributed by atoms with Crippen LogP contribution < -0.4 is 10.2 Å². The van der Waals surface area contributed by atoms with Crippen molar-refractivity contribution in [1.29, 1.82) is 0 Å². The lowest BCUT2D eigenvalue weighted by Gasteiger charge is -2.34. The van der Waals surface area contributed by atoms with E-state index < -0.39 is 12.0 Å². The van der Waals surface area contributed by atoms with Crippen LogP contribution in [0.1, 0.15) is 35.0 Å². The number of hydrogen-bond acceptors (Lipinski definition) is 4. The van der Waals surface area contributed by atoms with Crippen LogP contribution in [0.2, 0.25) is 0 Å². The number of anilines is 2. The van der Waals surface area contributed by atoms with Crippen LogP contribution >= 0.6 is 0 Å². The number of para-hydroxylation sites is 2. The van der Waals surface area contributed by atoms with Crippen molar-refractivity contribution >= 4 is 23.1 Å². The summed E-state index contributed by atoms with van der Waals surface area (Å²) in [7, 11) is 0. The van der Waals surface area contributed by atoms with Crippen LogP contribution in [0.25, 0.3) is 0 Å². The Morgan fingerprint density at radius 1 is 1.00 bits per heavy atom. The Morgan fingerprint density at radius 2 is 1.79 bits per heavy atom. The van der Waals surface area contributed by atoms with E-state index in [1.54, 1.807) is 29.4 Å². The Bertz CT molecular complexity index is 1090. The minimum Gasteiger partial charge on any atom is -0.467 e. The number of rotatable bonds is 2. The summed E-state index contributed by atoms with van der Waals surface area (Å²) in [5.41, 5.74) is 2.93. The number of Topliss-reactive ketones (excluding diaryl/α,β-unsaturated/α-hetero) is 1. The van der Waals surface area contributed by atoms with Gasteiger partial charge in [-0.2, -0.15) is 0 Å². The van der Waals surface area contributed by atoms with Gasteiger partial charge in [-0.3, -0.25) is 14.5 Å². The van der Waals surface area contributed by atoms with Crippen molar-refractivity contribution in [3.8, 4) is 0 Å². The Labute approximate surface area is 168 Å². The molecule has 0 bridgehead atoms. The van der Waals surface area contributed by atoms with Gasteiger partial charge in [-0.15, -0.1) is 0 Å². The molecule has 2 aromatic carbocycles. The van der Waals surface area contributed by atoms with Crippen molar-refractivity contribution in [2.45, 2.75) is 18.9 Å². The van der Waals surface area contributed by atoms with Crippen LogP contribution in [0.4, 0.5) is 11.4 Å². The molecule has 2 aliphatic rings. The van der Waals surface area contributed by atoms with Crippen LogP contribution in [-0.4, -0.2) is 11.7 Å². The summed E-state index contributed by atoms with van der Waals surface area (Å²) >= 11 is 0. The normalized spacial score (nSPS) is 20.8. The molecule has 5 nitrogen and oxygen atoms in total. The molecule has 2 atom stereocenters. The highest BCUT2D eigenvalue weighted by Gasteiger charge is 2.44. The van der Waals surface area contributed by atoms with Gasteiger partial charge in [-0.05, 0) is 42.8 Å². The quantitative estimate of drug-likeness (QED) is 0.679. The van der Waals surface area contributed by atoms with Crippen molar-refractivity contribution in [1.82, 2.24) is 0 Å². The molecule has 5 heteroatoms. The number of ketones is 1. The number of furan rings is 1. The summed E-state index contributed by atoms with van der Waals surface area (Å²) in [6.07, 6.45) is 4.80. The Kier molecular flexibility index (Phi) is 4.28. The summed E-state index contributed by atoms with van der Waals surface area (Å²) in [6, 6.07) is 19.9. The topological polar surface area (TPSA) is 62.6 Å². The molecule has 1 amide bonds. The predicted octanol–water partition coefficient (Wildman–Crippen LogP) is 4.96. The zero-order chi connectivity index (χ0) is 19.8. The zero-order valence-electron chi connectivity index (χ0n) is 15.7. The summed E-state index contributed by atoms with van der Waals surface area (Å²) < 4.78 is 5.76. The zero-order valence-corrected chi connectivity index (χ0v) is 15.7. The first-order valence-electron chi connectivity index (χ1n) is 9.75. The van der Waals surface area contributed by atoms with Crippen LogP contribution in [0, 0.1) is 5.92 Å². The lowest BCUT2D eigenvalue weighted by Crippen LogP contribution is -2.41. The lowest BCUT2D eigenvalue weighted by molar-refractivity contribution is -0.122. The van der Waals surface area contributed by atoms with Gasteiger partial charge in [0.15, 0.2) is 0 Å². The molecule has 1 N–H and O–H groups in total. The van der Waals surface area contributed by atoms with Crippen molar-refractivity contribution < 1.29 is 14.0 Å². The van der Waals surface area contributed by atoms with Gasteiger partial charge >= 0.3 is 0 Å². The van der Waals surface area contributed by atoms with Crippen molar-refractivity contribution in [3.05, 3.63) is 96.1 Å². The van der Waals surface area contributed by atoms with Crippen LogP contribution in [0.5, 0.6) is 0 Å². The molecule has 5 rings (SSSR count). The predicted molar refractivity (Wildman–Crippen MR) is 111 cm³/mol. The first-order chi connectivity index (χ1) is 14.2. The third kappa shape index (κ3) is 2.95. The van der Waals surface area contributed by atoms with Gasteiger partial charge in [0.25, 0.3) is 5.91 Å². The molecule has 0 saturated carbocycles. The number of benzene rings is 2. The van der Waals surface area contributed by atoms with Gasteiger partial charge in [-0.1, -0.05) is 36.4 Å². The Morgan fingerprint density at radius 3 is 2.59 bits per heavy atom. The van der Waals surface area contributed by atoms with Crippen LogP contribution in [-0.2, 0) is 4.79 Å². The number of fused-ring (bicyclic) bond motifs is 2. The molecule has 3 aromatic rings. The van der Waals surface area contributed by atoms with Gasteiger partial charge in [0.2, 0.25) is 0 Å². The van der Waals surface area contributed by atoms with E-state index in [0.717, 1.165) is 17.1 Å². The highest BCUT2D eigenvalue weighted by molar-refractivity contribution is 6.09. The second-order valence-electron chi connectivity index (χ2n) is 7.29. The second-order valence-corrected chi connectivity index (χ2v) is 7.29. The molecule has 0 fully saturated rings. The molecule has 1 aliphatic carbocycles. The molecule has 0 saturated heterocycles. The van der Waals surface area contributed by atoms with Gasteiger partial charge < -0.3 is 9.73 Å². The van der Waals surface area contributed by atoms with Crippen LogP contribution in [0.15, 0.2) is 89.2 Å². The molecule has 2 heterocycles. The smallest absolute Gasteiger partial charge is 0.259 e. The lowest BCUT2D eigenvalue weighted by atomic mass is 9.83. The maximum Gasteiger partial charge on any atom is 0.259 e. The fraction of sp³-hybridized carbons (Fsp3) is 0.167. The maximum atomic E-state index is 13.7. The molecule has 29 heavy (non-hydrogen) atoms. The summed E-state index contributed by atoms with van der Waals surface area (Å²) in [5.74, 6) is 0.0323. The van der Waals surface area contributed by atoms with Crippen LogP contribution in [0.3, 0.4) is 0 Å². The average Bonchev–Trinajstić information content (AvgIpc) is 3.23. The largest absolute Gasteiger partial charge is 0.467 e. The number of nitrogens with zero attached hydrogens (tertiary/aromatic N) is 1. The van der Waals surface area contributed by atoms with E-state index in [9.17, 15) is 9.59 Å². The maximum absolute atomic E-state index is 13.7. The van der Waals surface area contributed by atoms with Crippen molar-refractivity contribution in [2.75, 3.05) is 10.2 Å². The second kappa shape index (κ2) is 7.09. The third-order valence-corrected chi connectivity index (χ3v) is 5.55. The van der Waals surface area contributed by atoms with E-state index in [1.165, 1.54) is 0 Å². The van der Waals surface area contributed by atoms with Gasteiger partial charge in [0.05, 0.1) is 23.6 Å². The standard InChI is InChI=1S/C24H20N2O3/c27-20-13-6-11-18-22(20)23(21-14-7-15-29-21)26(19-12-5-4-10-17(19)25-18)24(28)16-8-2-1-3-9-16/h1-5,7-12,14-15,22-23,25H,6,13H2/t22-,23+/m1/s1. The molecular formula is C24H20N2O3. The number of amides is 1. The minimum absolute atomic E-state index is 0.107. The molecule has 0 radical (unpaired) electrons. The summed E-state index contributed by atoms with van der Waals surface area (Å²) in [6.45, 7) is 0. The van der Waals surface area contributed by atoms with Gasteiger partial charge in [-0.25, -0.2) is 0 Å². The number of hydrogen-bond donors (Lipinski definition) is 1. The van der Waals surface area contributed by atoms with E-state index in [0.29, 0.717) is 24.2 Å². The monoisotopic (exact) mass is 384 g/mol. The molecular weight excluding hydrogens is 364 g/mol. The van der Waals surface area contributed by atoms with E-state index in [2.05, 4.69) is 11.4 Å². The Hall–Kier alpha value is -3.60. The molecule has 1 aliphatic heterocycles. The first-order valence-corrected chi connectivity index (χ1v) is 9.75. The number of carbonyl (C=O) groups excluding carboxylic acids is 2. The fourth-order valence-electron chi connectivity index (χ4n) is 4.25. The van der Waals surface area contributed by atoms with Gasteiger partial charge in [0.1, 0.15) is 17.6 Å². The fourth-order valence-corrected chi connectivity index (χ4v) is 4.25. The summed E-state index contributed by atoms with van der Waals surface area (Å²) in [5, 5.41) is 3.42.